The number of hydrogen-bond donors (Lipinski definition) is 0. The van der Waals surface area contributed by atoms with Crippen molar-refractivity contribution < 1.29 is 17.3 Å². The van der Waals surface area contributed by atoms with Crippen LogP contribution in [0.5, 0.6) is 0 Å². The molecule has 17 heavy (non-hydrogen) atoms. The van der Waals surface area contributed by atoms with Gasteiger partial charge in [0.2, 0.25) is 9.05 Å². The maximum atomic E-state index is 13.4. The Morgan fingerprint density at radius 2 is 2.06 bits per heavy atom. The molecule has 2 aromatic rings. The minimum Gasteiger partial charge on any atom is -0.356 e. The molecule has 0 unspecified atom stereocenters. The summed E-state index contributed by atoms with van der Waals surface area (Å²) < 4.78 is 39.9. The van der Waals surface area contributed by atoms with E-state index < -0.39 is 20.6 Å². The van der Waals surface area contributed by atoms with E-state index in [0.717, 1.165) is 0 Å². The molecule has 4 nitrogen and oxygen atoms in total. The molecule has 90 valence electrons. The molecule has 0 radical (unpaired) electrons. The molecule has 1 aromatic carbocycles. The van der Waals surface area contributed by atoms with E-state index in [0.29, 0.717) is 0 Å². The second-order valence-corrected chi connectivity index (χ2v) is 6.12. The molecule has 1 aromatic heterocycles. The number of hydrogen-bond acceptors (Lipinski definition) is 4. The standard InChI is InChI=1S/C10H7ClFNO3S/c11-17(14,15)6-7-5-10(16-13-7)8-3-1-2-4-9(8)12/h1-5H,6H2. The van der Waals surface area contributed by atoms with E-state index in [2.05, 4.69) is 5.16 Å². The lowest BCUT2D eigenvalue weighted by molar-refractivity contribution is 0.423. The Hall–Kier alpha value is -1.40. The van der Waals surface area contributed by atoms with Crippen molar-refractivity contribution in [3.05, 3.63) is 41.8 Å². The number of nitrogens with zero attached hydrogens (tertiary/aromatic N) is 1. The SMILES string of the molecule is O=S(=O)(Cl)Cc1cc(-c2ccccc2F)on1. The lowest BCUT2D eigenvalue weighted by Gasteiger charge is -1.95. The minimum atomic E-state index is -3.70. The second-order valence-electron chi connectivity index (χ2n) is 3.35. The molecule has 0 bridgehead atoms. The Balaban J connectivity index is 2.34. The molecule has 0 amide bonds. The van der Waals surface area contributed by atoms with Crippen LogP contribution in [0.25, 0.3) is 11.3 Å². The Kier molecular flexibility index (Phi) is 3.17. The van der Waals surface area contributed by atoms with E-state index in [1.165, 1.54) is 18.2 Å². The largest absolute Gasteiger partial charge is 0.356 e. The smallest absolute Gasteiger partial charge is 0.238 e. The van der Waals surface area contributed by atoms with Crippen LogP contribution < -0.4 is 0 Å². The van der Waals surface area contributed by atoms with Gasteiger partial charge >= 0.3 is 0 Å². The summed E-state index contributed by atoms with van der Waals surface area (Å²) in [6.45, 7) is 0. The second kappa shape index (κ2) is 4.46. The summed E-state index contributed by atoms with van der Waals surface area (Å²) in [5.41, 5.74) is 0.358. The fraction of sp³-hybridized carbons (Fsp3) is 0.100. The predicted molar refractivity (Wildman–Crippen MR) is 60.4 cm³/mol. The molecule has 0 saturated carbocycles. The van der Waals surface area contributed by atoms with Crippen LogP contribution in [0.3, 0.4) is 0 Å². The van der Waals surface area contributed by atoms with Gasteiger partial charge in [0.1, 0.15) is 17.3 Å². The van der Waals surface area contributed by atoms with Crippen molar-refractivity contribution in [3.63, 3.8) is 0 Å². The van der Waals surface area contributed by atoms with Gasteiger partial charge in [0.15, 0.2) is 5.76 Å². The average molecular weight is 276 g/mol. The monoisotopic (exact) mass is 275 g/mol. The van der Waals surface area contributed by atoms with Gasteiger partial charge in [-0.3, -0.25) is 0 Å². The fourth-order valence-electron chi connectivity index (χ4n) is 1.34. The minimum absolute atomic E-state index is 0.137. The zero-order valence-corrected chi connectivity index (χ0v) is 10.0. The zero-order valence-electron chi connectivity index (χ0n) is 8.43. The van der Waals surface area contributed by atoms with Crippen molar-refractivity contribution in [2.45, 2.75) is 5.75 Å². The molecule has 0 fully saturated rings. The summed E-state index contributed by atoms with van der Waals surface area (Å²) in [7, 11) is 1.37. The predicted octanol–water partition coefficient (Wildman–Crippen LogP) is 2.55. The molecule has 7 heteroatoms. The maximum Gasteiger partial charge on any atom is 0.238 e. The first-order valence-corrected chi connectivity index (χ1v) is 7.06. The Bertz CT molecular complexity index is 639. The van der Waals surface area contributed by atoms with E-state index in [1.54, 1.807) is 12.1 Å². The molecule has 0 aliphatic carbocycles. The summed E-state index contributed by atoms with van der Waals surface area (Å²) in [6.07, 6.45) is 0. The van der Waals surface area contributed by atoms with Gasteiger partial charge in [0, 0.05) is 16.7 Å². The fourth-order valence-corrected chi connectivity index (χ4v) is 2.17. The van der Waals surface area contributed by atoms with Crippen molar-refractivity contribution in [3.8, 4) is 11.3 Å². The van der Waals surface area contributed by atoms with Crippen LogP contribution in [0.1, 0.15) is 5.69 Å². The van der Waals surface area contributed by atoms with Crippen LogP contribution in [0.15, 0.2) is 34.9 Å². The molecule has 1 heterocycles. The van der Waals surface area contributed by atoms with Gasteiger partial charge < -0.3 is 4.52 Å². The van der Waals surface area contributed by atoms with E-state index in [4.69, 9.17) is 15.2 Å². The lowest BCUT2D eigenvalue weighted by Crippen LogP contribution is -1.94. The summed E-state index contributed by atoms with van der Waals surface area (Å²) >= 11 is 0. The molecule has 0 N–H and O–H groups in total. The van der Waals surface area contributed by atoms with Crippen molar-refractivity contribution >= 4 is 19.7 Å². The summed E-state index contributed by atoms with van der Waals surface area (Å²) in [5.74, 6) is -0.755. The third kappa shape index (κ3) is 3.04. The number of rotatable bonds is 3. The van der Waals surface area contributed by atoms with Crippen LogP contribution in [-0.4, -0.2) is 13.6 Å². The van der Waals surface area contributed by atoms with Gasteiger partial charge in [-0.2, -0.15) is 0 Å². The highest BCUT2D eigenvalue weighted by atomic mass is 35.7. The molecule has 0 atom stereocenters. The van der Waals surface area contributed by atoms with Crippen molar-refractivity contribution in [2.75, 3.05) is 0 Å². The third-order valence-corrected chi connectivity index (χ3v) is 2.99. The highest BCUT2D eigenvalue weighted by Gasteiger charge is 2.14. The van der Waals surface area contributed by atoms with Gasteiger partial charge in [-0.25, -0.2) is 12.8 Å². The molecular weight excluding hydrogens is 269 g/mol. The summed E-state index contributed by atoms with van der Waals surface area (Å²) in [5, 5.41) is 3.51. The number of benzene rings is 1. The molecular formula is C10H7ClFNO3S. The van der Waals surface area contributed by atoms with Crippen LogP contribution >= 0.6 is 10.7 Å². The first-order valence-electron chi connectivity index (χ1n) is 4.58. The molecule has 2 rings (SSSR count). The first-order chi connectivity index (χ1) is 7.96. The highest BCUT2D eigenvalue weighted by Crippen LogP contribution is 2.24. The van der Waals surface area contributed by atoms with Gasteiger partial charge in [-0.05, 0) is 12.1 Å². The van der Waals surface area contributed by atoms with E-state index in [1.807, 2.05) is 0 Å². The lowest BCUT2D eigenvalue weighted by atomic mass is 10.1. The highest BCUT2D eigenvalue weighted by molar-refractivity contribution is 8.13. The number of halogens is 2. The summed E-state index contributed by atoms with van der Waals surface area (Å²) in [4.78, 5) is 0. The maximum absolute atomic E-state index is 13.4. The van der Waals surface area contributed by atoms with Crippen LogP contribution in [-0.2, 0) is 14.8 Å². The molecule has 0 aliphatic rings. The topological polar surface area (TPSA) is 60.2 Å². The quantitative estimate of drug-likeness (QED) is 0.808. The summed E-state index contributed by atoms with van der Waals surface area (Å²) in [6, 6.07) is 7.31. The Labute approximate surface area is 101 Å². The molecule has 0 spiro atoms. The van der Waals surface area contributed by atoms with Crippen molar-refractivity contribution in [1.82, 2.24) is 5.16 Å². The number of aromatic nitrogens is 1. The normalized spacial score (nSPS) is 11.6. The van der Waals surface area contributed by atoms with Gasteiger partial charge in [0.05, 0.1) is 5.56 Å². The molecule has 0 aliphatic heterocycles. The molecule has 0 saturated heterocycles. The third-order valence-electron chi connectivity index (χ3n) is 2.02. The van der Waals surface area contributed by atoms with Crippen LogP contribution in [0.4, 0.5) is 4.39 Å². The van der Waals surface area contributed by atoms with Gasteiger partial charge in [-0.1, -0.05) is 17.3 Å². The van der Waals surface area contributed by atoms with E-state index >= 15 is 0 Å². The van der Waals surface area contributed by atoms with Crippen LogP contribution in [0.2, 0.25) is 0 Å². The van der Waals surface area contributed by atoms with Gasteiger partial charge in [-0.15, -0.1) is 0 Å². The van der Waals surface area contributed by atoms with E-state index in [-0.39, 0.29) is 17.0 Å². The first kappa shape index (κ1) is 12.1. The Morgan fingerprint density at radius 1 is 1.35 bits per heavy atom. The van der Waals surface area contributed by atoms with Gasteiger partial charge in [0.25, 0.3) is 0 Å². The van der Waals surface area contributed by atoms with Crippen molar-refractivity contribution in [2.24, 2.45) is 0 Å². The average Bonchev–Trinajstić information content (AvgIpc) is 2.64. The van der Waals surface area contributed by atoms with E-state index in [9.17, 15) is 12.8 Å². The van der Waals surface area contributed by atoms with Crippen LogP contribution in [0, 0.1) is 5.82 Å². The Morgan fingerprint density at radius 3 is 2.71 bits per heavy atom. The zero-order chi connectivity index (χ0) is 12.5. The van der Waals surface area contributed by atoms with Crippen molar-refractivity contribution in [1.29, 1.82) is 0 Å².